The molecular formula is C21H29N2O3+. The topological polar surface area (TPSA) is 52.0 Å². The molecule has 0 aliphatic carbocycles. The number of carbonyl (C=O) groups is 1. The van der Waals surface area contributed by atoms with Crippen molar-refractivity contribution in [3.8, 4) is 11.5 Å². The number of quaternary nitrogens is 1. The molecule has 1 unspecified atom stereocenters. The van der Waals surface area contributed by atoms with Crippen molar-refractivity contribution in [3.63, 3.8) is 0 Å². The summed E-state index contributed by atoms with van der Waals surface area (Å²) in [6, 6.07) is 13.5. The van der Waals surface area contributed by atoms with Crippen LogP contribution in [0.3, 0.4) is 0 Å². The van der Waals surface area contributed by atoms with Gasteiger partial charge in [0.05, 0.1) is 27.3 Å². The van der Waals surface area contributed by atoms with Crippen LogP contribution in [0.25, 0.3) is 0 Å². The van der Waals surface area contributed by atoms with E-state index in [1.54, 1.807) is 7.11 Å². The van der Waals surface area contributed by atoms with Crippen molar-refractivity contribution in [2.75, 3.05) is 39.2 Å². The Kier molecular flexibility index (Phi) is 7.48. The van der Waals surface area contributed by atoms with Crippen molar-refractivity contribution in [1.29, 1.82) is 0 Å². The molecule has 0 saturated heterocycles. The summed E-state index contributed by atoms with van der Waals surface area (Å²) in [7, 11) is 3.67. The second-order valence-electron chi connectivity index (χ2n) is 6.56. The summed E-state index contributed by atoms with van der Waals surface area (Å²) >= 11 is 0. The first-order valence-corrected chi connectivity index (χ1v) is 8.94. The molecule has 26 heavy (non-hydrogen) atoms. The summed E-state index contributed by atoms with van der Waals surface area (Å²) in [6.45, 7) is 6.01. The summed E-state index contributed by atoms with van der Waals surface area (Å²) in [5.74, 6) is 1.68. The zero-order valence-corrected chi connectivity index (χ0v) is 16.1. The van der Waals surface area contributed by atoms with Crippen LogP contribution in [0.4, 0.5) is 5.69 Å². The maximum Gasteiger partial charge on any atom is 0.279 e. The van der Waals surface area contributed by atoms with Gasteiger partial charge in [0.1, 0.15) is 11.5 Å². The summed E-state index contributed by atoms with van der Waals surface area (Å²) in [4.78, 5) is 13.4. The third-order valence-electron chi connectivity index (χ3n) is 4.42. The molecule has 5 heteroatoms. The van der Waals surface area contributed by atoms with E-state index in [2.05, 4.69) is 5.32 Å². The normalized spacial score (nSPS) is 11.7. The van der Waals surface area contributed by atoms with E-state index in [1.165, 1.54) is 5.56 Å². The molecule has 2 rings (SSSR count). The number of rotatable bonds is 9. The highest BCUT2D eigenvalue weighted by atomic mass is 16.5. The van der Waals surface area contributed by atoms with Crippen LogP contribution in [-0.2, 0) is 4.79 Å². The van der Waals surface area contributed by atoms with Crippen molar-refractivity contribution in [2.45, 2.75) is 20.3 Å². The molecule has 2 N–H and O–H groups in total. The fourth-order valence-electron chi connectivity index (χ4n) is 2.68. The number of hydrogen-bond acceptors (Lipinski definition) is 3. The number of methoxy groups -OCH3 is 1. The second kappa shape index (κ2) is 9.82. The fourth-order valence-corrected chi connectivity index (χ4v) is 2.68. The summed E-state index contributed by atoms with van der Waals surface area (Å²) in [5.41, 5.74) is 3.19. The zero-order valence-electron chi connectivity index (χ0n) is 16.1. The Morgan fingerprint density at radius 3 is 2.46 bits per heavy atom. The lowest BCUT2D eigenvalue weighted by atomic mass is 10.1. The Morgan fingerprint density at radius 1 is 1.08 bits per heavy atom. The van der Waals surface area contributed by atoms with Crippen LogP contribution in [0.1, 0.15) is 17.5 Å². The standard InChI is InChI=1S/C21H28N2O3/c1-16-7-5-8-20(17(16)2)22-21(24)15-23(3)13-6-14-26-19-11-9-18(25-4)10-12-19/h5,7-12H,6,13-15H2,1-4H3,(H,22,24)/p+1. The van der Waals surface area contributed by atoms with Crippen LogP contribution < -0.4 is 19.7 Å². The van der Waals surface area contributed by atoms with Crippen molar-refractivity contribution < 1.29 is 19.2 Å². The number of ether oxygens (including phenoxy) is 2. The minimum Gasteiger partial charge on any atom is -0.497 e. The van der Waals surface area contributed by atoms with Gasteiger partial charge in [0.15, 0.2) is 6.54 Å². The van der Waals surface area contributed by atoms with E-state index in [-0.39, 0.29) is 5.91 Å². The van der Waals surface area contributed by atoms with E-state index < -0.39 is 0 Å². The number of aryl methyl sites for hydroxylation is 1. The van der Waals surface area contributed by atoms with Crippen LogP contribution in [0.15, 0.2) is 42.5 Å². The molecule has 2 aromatic carbocycles. The van der Waals surface area contributed by atoms with Gasteiger partial charge in [-0.1, -0.05) is 12.1 Å². The monoisotopic (exact) mass is 357 g/mol. The SMILES string of the molecule is COc1ccc(OCCC[NH+](C)CC(=O)Nc2cccc(C)c2C)cc1. The number of benzene rings is 2. The van der Waals surface area contributed by atoms with Crippen molar-refractivity contribution in [3.05, 3.63) is 53.6 Å². The lowest BCUT2D eigenvalue weighted by Gasteiger charge is -2.15. The molecule has 1 atom stereocenters. The number of anilines is 1. The molecule has 0 aliphatic rings. The molecular weight excluding hydrogens is 328 g/mol. The van der Waals surface area contributed by atoms with Gasteiger partial charge in [0.2, 0.25) is 0 Å². The second-order valence-corrected chi connectivity index (χ2v) is 6.56. The zero-order chi connectivity index (χ0) is 18.9. The van der Waals surface area contributed by atoms with Gasteiger partial charge in [-0.05, 0) is 55.3 Å². The third kappa shape index (κ3) is 6.08. The van der Waals surface area contributed by atoms with Crippen LogP contribution >= 0.6 is 0 Å². The maximum atomic E-state index is 12.2. The average Bonchev–Trinajstić information content (AvgIpc) is 2.63. The highest BCUT2D eigenvalue weighted by Crippen LogP contribution is 2.18. The van der Waals surface area contributed by atoms with Gasteiger partial charge in [-0.15, -0.1) is 0 Å². The number of hydrogen-bond donors (Lipinski definition) is 2. The number of carbonyl (C=O) groups excluding carboxylic acids is 1. The lowest BCUT2D eigenvalue weighted by Crippen LogP contribution is -3.10. The Balaban J connectivity index is 1.68. The molecule has 0 radical (unpaired) electrons. The third-order valence-corrected chi connectivity index (χ3v) is 4.42. The van der Waals surface area contributed by atoms with Crippen LogP contribution in [-0.4, -0.2) is 39.8 Å². The Labute approximate surface area is 155 Å². The largest absolute Gasteiger partial charge is 0.497 e. The Hall–Kier alpha value is -2.53. The molecule has 5 nitrogen and oxygen atoms in total. The molecule has 0 fully saturated rings. The Morgan fingerprint density at radius 2 is 1.77 bits per heavy atom. The molecule has 0 saturated carbocycles. The van der Waals surface area contributed by atoms with Gasteiger partial charge in [0, 0.05) is 12.1 Å². The first-order valence-electron chi connectivity index (χ1n) is 8.94. The molecule has 0 aliphatic heterocycles. The summed E-state index contributed by atoms with van der Waals surface area (Å²) in [5, 5.41) is 3.01. The van der Waals surface area contributed by atoms with E-state index in [0.29, 0.717) is 13.2 Å². The molecule has 0 aromatic heterocycles. The first kappa shape index (κ1) is 19.8. The fraction of sp³-hybridized carbons (Fsp3) is 0.381. The van der Waals surface area contributed by atoms with Crippen LogP contribution in [0.2, 0.25) is 0 Å². The van der Waals surface area contributed by atoms with Gasteiger partial charge < -0.3 is 19.7 Å². The van der Waals surface area contributed by atoms with E-state index >= 15 is 0 Å². The first-order chi connectivity index (χ1) is 12.5. The van der Waals surface area contributed by atoms with Crippen LogP contribution in [0.5, 0.6) is 11.5 Å². The highest BCUT2D eigenvalue weighted by Gasteiger charge is 2.11. The van der Waals surface area contributed by atoms with Crippen molar-refractivity contribution >= 4 is 11.6 Å². The predicted octanol–water partition coefficient (Wildman–Crippen LogP) is 2.23. The molecule has 1 amide bonds. The average molecular weight is 357 g/mol. The van der Waals surface area contributed by atoms with Gasteiger partial charge >= 0.3 is 0 Å². The van der Waals surface area contributed by atoms with Gasteiger partial charge in [0.25, 0.3) is 5.91 Å². The molecule has 140 valence electrons. The summed E-state index contributed by atoms with van der Waals surface area (Å²) < 4.78 is 10.8. The van der Waals surface area contributed by atoms with Crippen LogP contribution in [0, 0.1) is 13.8 Å². The quantitative estimate of drug-likeness (QED) is 0.677. The molecule has 0 spiro atoms. The number of amides is 1. The molecule has 2 aromatic rings. The highest BCUT2D eigenvalue weighted by molar-refractivity contribution is 5.92. The van der Waals surface area contributed by atoms with Crippen molar-refractivity contribution in [1.82, 2.24) is 0 Å². The molecule has 0 heterocycles. The Bertz CT molecular complexity index is 714. The van der Waals surface area contributed by atoms with E-state index in [0.717, 1.165) is 40.6 Å². The smallest absolute Gasteiger partial charge is 0.279 e. The van der Waals surface area contributed by atoms with Gasteiger partial charge in [-0.3, -0.25) is 4.79 Å². The van der Waals surface area contributed by atoms with E-state index in [4.69, 9.17) is 9.47 Å². The molecule has 0 bridgehead atoms. The minimum atomic E-state index is 0.0345. The van der Waals surface area contributed by atoms with E-state index in [1.807, 2.05) is 63.4 Å². The predicted molar refractivity (Wildman–Crippen MR) is 104 cm³/mol. The minimum absolute atomic E-state index is 0.0345. The maximum absolute atomic E-state index is 12.2. The number of nitrogens with one attached hydrogen (secondary N) is 2. The van der Waals surface area contributed by atoms with Gasteiger partial charge in [-0.2, -0.15) is 0 Å². The van der Waals surface area contributed by atoms with E-state index in [9.17, 15) is 4.79 Å². The number of likely N-dealkylation sites (N-methyl/N-ethyl adjacent to an activating group) is 1. The van der Waals surface area contributed by atoms with Crippen molar-refractivity contribution in [2.24, 2.45) is 0 Å². The van der Waals surface area contributed by atoms with Gasteiger partial charge in [-0.25, -0.2) is 0 Å². The summed E-state index contributed by atoms with van der Waals surface area (Å²) in [6.07, 6.45) is 0.884. The lowest BCUT2D eigenvalue weighted by molar-refractivity contribution is -0.871.